The highest BCUT2D eigenvalue weighted by Gasteiger charge is 2.49. The number of esters is 2. The van der Waals surface area contributed by atoms with Crippen LogP contribution in [0, 0.1) is 0 Å². The van der Waals surface area contributed by atoms with Crippen LogP contribution in [0.1, 0.15) is 72.0 Å². The molecule has 0 fully saturated rings. The largest absolute Gasteiger partial charge is 0.508 e. The van der Waals surface area contributed by atoms with E-state index in [1.165, 1.54) is 6.07 Å². The molecule has 21 nitrogen and oxygen atoms in total. The second kappa shape index (κ2) is 15.0. The average molecular weight is 911 g/mol. The van der Waals surface area contributed by atoms with Crippen molar-refractivity contribution in [3.8, 4) is 103 Å². The molecule has 0 amide bonds. The van der Waals surface area contributed by atoms with E-state index in [1.54, 1.807) is 0 Å². The number of benzene rings is 6. The Morgan fingerprint density at radius 3 is 1.82 bits per heavy atom. The Morgan fingerprint density at radius 1 is 0.545 bits per heavy atom. The first-order valence-corrected chi connectivity index (χ1v) is 19.4. The van der Waals surface area contributed by atoms with Crippen LogP contribution in [0.5, 0.6) is 103 Å². The molecule has 0 spiro atoms. The highest BCUT2D eigenvalue weighted by Crippen LogP contribution is 2.60. The van der Waals surface area contributed by atoms with Crippen molar-refractivity contribution in [3.05, 3.63) is 105 Å². The van der Waals surface area contributed by atoms with E-state index in [4.69, 9.17) is 18.9 Å². The number of carbonyl (C=O) groups is 2. The van der Waals surface area contributed by atoms with Gasteiger partial charge in [-0.25, -0.2) is 9.59 Å². The van der Waals surface area contributed by atoms with Gasteiger partial charge in [-0.1, -0.05) is 0 Å². The Hall–Kier alpha value is -9.14. The molecular formula is C45H34O21. The molecule has 5 atom stereocenters. The van der Waals surface area contributed by atoms with Gasteiger partial charge >= 0.3 is 11.9 Å². The highest BCUT2D eigenvalue weighted by atomic mass is 16.6. The zero-order valence-corrected chi connectivity index (χ0v) is 33.2. The Balaban J connectivity index is 1.40. The lowest BCUT2D eigenvalue weighted by Gasteiger charge is -2.42. The summed E-state index contributed by atoms with van der Waals surface area (Å²) < 4.78 is 24.5. The van der Waals surface area contributed by atoms with Crippen molar-refractivity contribution in [3.63, 3.8) is 0 Å². The second-order valence-electron chi connectivity index (χ2n) is 15.7. The quantitative estimate of drug-likeness (QED) is 0.0822. The Bertz CT molecular complexity index is 3040. The number of rotatable bonds is 3. The topological polar surface area (TPSA) is 375 Å². The molecule has 0 saturated heterocycles. The van der Waals surface area contributed by atoms with Crippen molar-refractivity contribution in [2.75, 3.05) is 0 Å². The van der Waals surface area contributed by atoms with Crippen LogP contribution in [0.25, 0.3) is 0 Å². The first-order chi connectivity index (χ1) is 31.2. The normalized spacial score (nSPS) is 19.4. The van der Waals surface area contributed by atoms with Gasteiger partial charge in [0.15, 0.2) is 63.6 Å². The summed E-state index contributed by atoms with van der Waals surface area (Å²) in [5, 5.41) is 164. The van der Waals surface area contributed by atoms with Crippen molar-refractivity contribution in [2.24, 2.45) is 0 Å². The Morgan fingerprint density at radius 2 is 1.15 bits per heavy atom. The maximum atomic E-state index is 14.3. The predicted molar refractivity (Wildman–Crippen MR) is 217 cm³/mol. The zero-order valence-electron chi connectivity index (χ0n) is 33.2. The molecule has 3 heterocycles. The smallest absolute Gasteiger partial charge is 0.338 e. The summed E-state index contributed by atoms with van der Waals surface area (Å²) in [6, 6.07) is 8.65. The van der Waals surface area contributed by atoms with E-state index in [1.807, 2.05) is 0 Å². The fourth-order valence-corrected chi connectivity index (χ4v) is 8.76. The molecular weight excluding hydrogens is 876 g/mol. The number of hydrogen-bond donors (Lipinski definition) is 15. The van der Waals surface area contributed by atoms with Gasteiger partial charge in [0, 0.05) is 52.3 Å². The molecule has 6 aromatic carbocycles. The van der Waals surface area contributed by atoms with Gasteiger partial charge in [-0.2, -0.15) is 0 Å². The summed E-state index contributed by atoms with van der Waals surface area (Å²) in [5.41, 5.74) is -2.55. The summed E-state index contributed by atoms with van der Waals surface area (Å²) in [7, 11) is 0. The third-order valence-corrected chi connectivity index (χ3v) is 11.7. The minimum atomic E-state index is -1.93. The fraction of sp³-hybridized carbons (Fsp3) is 0.156. The maximum Gasteiger partial charge on any atom is 0.338 e. The molecule has 10 rings (SSSR count). The molecule has 21 heteroatoms. The van der Waals surface area contributed by atoms with E-state index in [9.17, 15) is 86.2 Å². The van der Waals surface area contributed by atoms with Gasteiger partial charge < -0.3 is 95.5 Å². The number of phenolic OH excluding ortho intramolecular Hbond substituents is 15. The number of ether oxygens (including phenoxy) is 4. The van der Waals surface area contributed by atoms with Crippen LogP contribution in [-0.2, 0) is 22.3 Å². The Labute approximate surface area is 368 Å². The predicted octanol–water partition coefficient (Wildman–Crippen LogP) is 4.98. The lowest BCUT2D eigenvalue weighted by molar-refractivity contribution is -0.0199. The molecule has 2 unspecified atom stereocenters. The molecule has 0 aromatic heterocycles. The van der Waals surface area contributed by atoms with Crippen LogP contribution in [-0.4, -0.2) is 101 Å². The van der Waals surface area contributed by atoms with Crippen LogP contribution in [0.15, 0.2) is 60.7 Å². The number of hydrogen-bond acceptors (Lipinski definition) is 21. The lowest BCUT2D eigenvalue weighted by Crippen LogP contribution is -2.39. The summed E-state index contributed by atoms with van der Waals surface area (Å²) in [6.07, 6.45) is -6.19. The van der Waals surface area contributed by atoms with Gasteiger partial charge in [0.2, 0.25) is 17.2 Å². The van der Waals surface area contributed by atoms with Gasteiger partial charge in [-0.3, -0.25) is 0 Å². The molecule has 0 saturated carbocycles. The van der Waals surface area contributed by atoms with E-state index < -0.39 is 181 Å². The van der Waals surface area contributed by atoms with E-state index in [2.05, 4.69) is 0 Å². The monoisotopic (exact) mass is 910 g/mol. The van der Waals surface area contributed by atoms with E-state index in [0.717, 1.165) is 54.6 Å². The molecule has 4 aliphatic rings. The van der Waals surface area contributed by atoms with Crippen molar-refractivity contribution in [1.82, 2.24) is 0 Å². The van der Waals surface area contributed by atoms with Crippen LogP contribution in [0.4, 0.5) is 0 Å². The zero-order chi connectivity index (χ0) is 47.4. The van der Waals surface area contributed by atoms with Crippen molar-refractivity contribution >= 4 is 11.9 Å². The summed E-state index contributed by atoms with van der Waals surface area (Å²) in [4.78, 5) is 28.4. The van der Waals surface area contributed by atoms with Crippen molar-refractivity contribution < 1.29 is 105 Å². The maximum absolute atomic E-state index is 14.3. The number of fused-ring (bicyclic) bond motifs is 3. The SMILES string of the molecule is O=C(OC1C2c3c(O)cc(O)cc3C[C@@H]1c1cc(O)c(O)c(O)c1Oc1cc(cc(O)c1O)C(=O)O[C@@H]1Cc3c(O)cc(O)c2c3O[C@@H]1c1cc(O)c(O)c(O)c1)c1cc(O)c(O)c(O)c1. The Kier molecular flexibility index (Phi) is 9.59. The fourth-order valence-electron chi connectivity index (χ4n) is 8.76. The van der Waals surface area contributed by atoms with E-state index in [0.29, 0.717) is 0 Å². The summed E-state index contributed by atoms with van der Waals surface area (Å²) in [6.45, 7) is 0. The van der Waals surface area contributed by atoms with Gasteiger partial charge in [-0.05, 0) is 60.5 Å². The van der Waals surface area contributed by atoms with Crippen LogP contribution >= 0.6 is 0 Å². The minimum Gasteiger partial charge on any atom is -0.508 e. The van der Waals surface area contributed by atoms with Crippen LogP contribution < -0.4 is 9.47 Å². The molecule has 1 aliphatic carbocycles. The minimum absolute atomic E-state index is 0.0186. The number of carbonyl (C=O) groups excluding carboxylic acids is 2. The van der Waals surface area contributed by atoms with Gasteiger partial charge in [0.25, 0.3) is 0 Å². The van der Waals surface area contributed by atoms with Gasteiger partial charge in [-0.15, -0.1) is 0 Å². The van der Waals surface area contributed by atoms with Gasteiger partial charge in [0.1, 0.15) is 41.0 Å². The highest BCUT2D eigenvalue weighted by molar-refractivity contribution is 5.92. The molecule has 6 aromatic rings. The lowest BCUT2D eigenvalue weighted by atomic mass is 9.68. The first-order valence-electron chi connectivity index (χ1n) is 19.4. The van der Waals surface area contributed by atoms with Crippen LogP contribution in [0.2, 0.25) is 0 Å². The molecule has 3 aliphatic heterocycles. The molecule has 8 bridgehead atoms. The van der Waals surface area contributed by atoms with E-state index in [-0.39, 0.29) is 22.3 Å². The summed E-state index contributed by atoms with van der Waals surface area (Å²) >= 11 is 0. The van der Waals surface area contributed by atoms with E-state index >= 15 is 0 Å². The van der Waals surface area contributed by atoms with Crippen molar-refractivity contribution in [1.29, 1.82) is 0 Å². The summed E-state index contributed by atoms with van der Waals surface area (Å²) in [5.74, 6) is -21.9. The number of aromatic hydroxyl groups is 15. The van der Waals surface area contributed by atoms with Crippen LogP contribution in [0.3, 0.4) is 0 Å². The second-order valence-corrected chi connectivity index (χ2v) is 15.7. The third-order valence-electron chi connectivity index (χ3n) is 11.7. The first kappa shape index (κ1) is 42.2. The average Bonchev–Trinajstić information content (AvgIpc) is 3.25. The number of phenols is 15. The molecule has 340 valence electrons. The molecule has 15 N–H and O–H groups in total. The standard InChI is InChI=1S/C45H34O21/c46-17-1-13-2-18-19-10-29(55)38(59)39(60)43(19)63-30-8-16(7-28(54)37(30)58)44(61)64-31-11-20-21(47)12-23(49)33(42(20)65-40(31)14-3-24(50)35(56)25(51)4-14)34(32(13)22(48)9-17)41(18)66-45(62)15-5-26(52)36(57)27(53)6-15/h1,3-10,12,18,31,34,40-41,46-60H,2,11H2/t18-,31-,34?,40-,41?/m1/s1. The molecule has 0 radical (unpaired) electrons. The third kappa shape index (κ3) is 6.64. The van der Waals surface area contributed by atoms with Gasteiger partial charge in [0.05, 0.1) is 17.0 Å². The van der Waals surface area contributed by atoms with Crippen molar-refractivity contribution in [2.45, 2.75) is 43.0 Å². The molecule has 66 heavy (non-hydrogen) atoms.